The Balaban J connectivity index is 2.35. The molecule has 1 aliphatic carbocycles. The van der Waals surface area contributed by atoms with Gasteiger partial charge in [0.2, 0.25) is 0 Å². The van der Waals surface area contributed by atoms with Crippen molar-refractivity contribution >= 4 is 0 Å². The zero-order valence-electron chi connectivity index (χ0n) is 9.13. The van der Waals surface area contributed by atoms with Gasteiger partial charge in [0.05, 0.1) is 6.10 Å². The molecule has 1 saturated carbocycles. The number of unbranched alkanes of at least 4 members (excludes halogenated alkanes) is 1. The first kappa shape index (κ1) is 11.0. The molecule has 0 aromatic rings. The molecule has 1 rings (SSSR count). The molecule has 0 aromatic heterocycles. The van der Waals surface area contributed by atoms with Gasteiger partial charge >= 0.3 is 0 Å². The second-order valence-corrected chi connectivity index (χ2v) is 4.54. The summed E-state index contributed by atoms with van der Waals surface area (Å²) < 4.78 is 0. The summed E-state index contributed by atoms with van der Waals surface area (Å²) in [5.41, 5.74) is 0. The van der Waals surface area contributed by atoms with Crippen LogP contribution in [0.1, 0.15) is 58.8 Å². The van der Waals surface area contributed by atoms with E-state index >= 15 is 0 Å². The Hall–Kier alpha value is -0.0400. The van der Waals surface area contributed by atoms with E-state index in [2.05, 4.69) is 13.8 Å². The molecule has 0 aromatic carbocycles. The minimum Gasteiger partial charge on any atom is -0.393 e. The fraction of sp³-hybridized carbons (Fsp3) is 1.00. The molecular weight excluding hydrogens is 160 g/mol. The van der Waals surface area contributed by atoms with Crippen LogP contribution in [0.3, 0.4) is 0 Å². The first-order valence-electron chi connectivity index (χ1n) is 5.96. The normalized spacial score (nSPS) is 34.8. The molecule has 0 amide bonds. The van der Waals surface area contributed by atoms with Crippen LogP contribution in [-0.2, 0) is 0 Å². The van der Waals surface area contributed by atoms with Crippen molar-refractivity contribution < 1.29 is 5.11 Å². The van der Waals surface area contributed by atoms with Crippen LogP contribution in [-0.4, -0.2) is 11.2 Å². The zero-order valence-corrected chi connectivity index (χ0v) is 9.13. The number of aliphatic hydroxyl groups excluding tert-OH is 1. The van der Waals surface area contributed by atoms with Crippen molar-refractivity contribution in [3.8, 4) is 0 Å². The molecule has 1 aliphatic rings. The van der Waals surface area contributed by atoms with Gasteiger partial charge in [0.15, 0.2) is 0 Å². The molecule has 0 bridgehead atoms. The van der Waals surface area contributed by atoms with Crippen LogP contribution in [0.25, 0.3) is 0 Å². The fourth-order valence-corrected chi connectivity index (χ4v) is 2.66. The molecule has 0 aliphatic heterocycles. The quantitative estimate of drug-likeness (QED) is 0.710. The number of hydrogen-bond donors (Lipinski definition) is 1. The van der Waals surface area contributed by atoms with Crippen LogP contribution < -0.4 is 0 Å². The monoisotopic (exact) mass is 184 g/mol. The molecule has 78 valence electrons. The Morgan fingerprint density at radius 3 is 2.54 bits per heavy atom. The highest BCUT2D eigenvalue weighted by molar-refractivity contribution is 4.78. The van der Waals surface area contributed by atoms with Crippen molar-refractivity contribution in [2.24, 2.45) is 11.8 Å². The highest BCUT2D eigenvalue weighted by atomic mass is 16.3. The molecule has 0 heterocycles. The molecule has 3 unspecified atom stereocenters. The van der Waals surface area contributed by atoms with E-state index in [1.807, 2.05) is 0 Å². The van der Waals surface area contributed by atoms with E-state index in [0.29, 0.717) is 0 Å². The van der Waals surface area contributed by atoms with Crippen molar-refractivity contribution in [2.75, 3.05) is 0 Å². The summed E-state index contributed by atoms with van der Waals surface area (Å²) in [6.07, 6.45) is 8.65. The predicted molar refractivity (Wildman–Crippen MR) is 56.7 cm³/mol. The van der Waals surface area contributed by atoms with Gasteiger partial charge in [-0.25, -0.2) is 0 Å². The second-order valence-electron chi connectivity index (χ2n) is 4.54. The van der Waals surface area contributed by atoms with Gasteiger partial charge in [-0.1, -0.05) is 39.5 Å². The minimum atomic E-state index is 0.00431. The van der Waals surface area contributed by atoms with Gasteiger partial charge in [-0.2, -0.15) is 0 Å². The molecule has 1 nitrogen and oxygen atoms in total. The lowest BCUT2D eigenvalue weighted by Crippen LogP contribution is -2.27. The van der Waals surface area contributed by atoms with Crippen LogP contribution in [0.15, 0.2) is 0 Å². The molecule has 1 fully saturated rings. The highest BCUT2D eigenvalue weighted by Gasteiger charge is 2.27. The summed E-state index contributed by atoms with van der Waals surface area (Å²) >= 11 is 0. The van der Waals surface area contributed by atoms with E-state index < -0.39 is 0 Å². The summed E-state index contributed by atoms with van der Waals surface area (Å²) in [6.45, 7) is 4.54. The van der Waals surface area contributed by atoms with Crippen molar-refractivity contribution in [1.29, 1.82) is 0 Å². The van der Waals surface area contributed by atoms with Crippen LogP contribution in [0, 0.1) is 11.8 Å². The first-order valence-corrected chi connectivity index (χ1v) is 5.96. The van der Waals surface area contributed by atoms with E-state index in [1.54, 1.807) is 0 Å². The van der Waals surface area contributed by atoms with Crippen LogP contribution in [0.5, 0.6) is 0 Å². The lowest BCUT2D eigenvalue weighted by atomic mass is 9.74. The van der Waals surface area contributed by atoms with Gasteiger partial charge in [-0.05, 0) is 31.1 Å². The zero-order chi connectivity index (χ0) is 9.68. The predicted octanol–water partition coefficient (Wildman–Crippen LogP) is 3.36. The first-order chi connectivity index (χ1) is 6.27. The SMILES string of the molecule is CCCCC1CC(O)CCC1CC. The lowest BCUT2D eigenvalue weighted by molar-refractivity contribution is 0.0627. The third kappa shape index (κ3) is 3.30. The molecule has 1 heteroatoms. The molecule has 0 radical (unpaired) electrons. The van der Waals surface area contributed by atoms with Gasteiger partial charge in [-0.15, -0.1) is 0 Å². The maximum absolute atomic E-state index is 9.59. The highest BCUT2D eigenvalue weighted by Crippen LogP contribution is 2.35. The number of aliphatic hydroxyl groups is 1. The van der Waals surface area contributed by atoms with E-state index in [9.17, 15) is 5.11 Å². The number of hydrogen-bond acceptors (Lipinski definition) is 1. The Morgan fingerprint density at radius 2 is 1.92 bits per heavy atom. The van der Waals surface area contributed by atoms with Crippen LogP contribution in [0.2, 0.25) is 0 Å². The summed E-state index contributed by atoms with van der Waals surface area (Å²) in [7, 11) is 0. The average Bonchev–Trinajstić information content (AvgIpc) is 2.15. The van der Waals surface area contributed by atoms with E-state index in [-0.39, 0.29) is 6.10 Å². The number of rotatable bonds is 4. The summed E-state index contributed by atoms with van der Waals surface area (Å²) in [5.74, 6) is 1.71. The van der Waals surface area contributed by atoms with E-state index in [4.69, 9.17) is 0 Å². The lowest BCUT2D eigenvalue weighted by Gasteiger charge is -2.33. The molecule has 1 N–H and O–H groups in total. The standard InChI is InChI=1S/C12H24O/c1-3-5-6-11-9-12(13)8-7-10(11)4-2/h10-13H,3-9H2,1-2H3. The topological polar surface area (TPSA) is 20.2 Å². The van der Waals surface area contributed by atoms with Gasteiger partial charge in [-0.3, -0.25) is 0 Å². The molecular formula is C12H24O. The largest absolute Gasteiger partial charge is 0.393 e. The van der Waals surface area contributed by atoms with Crippen molar-refractivity contribution in [3.05, 3.63) is 0 Å². The van der Waals surface area contributed by atoms with Crippen molar-refractivity contribution in [2.45, 2.75) is 64.9 Å². The third-order valence-electron chi connectivity index (χ3n) is 3.57. The summed E-state index contributed by atoms with van der Waals surface area (Å²) in [4.78, 5) is 0. The summed E-state index contributed by atoms with van der Waals surface area (Å²) in [6, 6.07) is 0. The van der Waals surface area contributed by atoms with Gasteiger partial charge in [0.25, 0.3) is 0 Å². The smallest absolute Gasteiger partial charge is 0.0543 e. The van der Waals surface area contributed by atoms with Crippen molar-refractivity contribution in [3.63, 3.8) is 0 Å². The second kappa shape index (κ2) is 5.64. The van der Waals surface area contributed by atoms with Crippen LogP contribution in [0.4, 0.5) is 0 Å². The maximum atomic E-state index is 9.59. The molecule has 3 atom stereocenters. The van der Waals surface area contributed by atoms with Crippen molar-refractivity contribution in [1.82, 2.24) is 0 Å². The van der Waals surface area contributed by atoms with Gasteiger partial charge in [0, 0.05) is 0 Å². The minimum absolute atomic E-state index is 0.00431. The van der Waals surface area contributed by atoms with Crippen LogP contribution >= 0.6 is 0 Å². The van der Waals surface area contributed by atoms with Gasteiger partial charge < -0.3 is 5.11 Å². The Kier molecular flexibility index (Phi) is 4.79. The molecule has 13 heavy (non-hydrogen) atoms. The van der Waals surface area contributed by atoms with Gasteiger partial charge in [0.1, 0.15) is 0 Å². The molecule has 0 spiro atoms. The van der Waals surface area contributed by atoms with E-state index in [1.165, 1.54) is 32.1 Å². The Labute approximate surface area is 82.5 Å². The third-order valence-corrected chi connectivity index (χ3v) is 3.57. The summed E-state index contributed by atoms with van der Waals surface area (Å²) in [5, 5.41) is 9.59. The molecule has 0 saturated heterocycles. The average molecular weight is 184 g/mol. The fourth-order valence-electron chi connectivity index (χ4n) is 2.66. The maximum Gasteiger partial charge on any atom is 0.0543 e. The Morgan fingerprint density at radius 1 is 1.15 bits per heavy atom. The van der Waals surface area contributed by atoms with E-state index in [0.717, 1.165) is 24.7 Å². The Bertz CT molecular complexity index is 133.